The molecule has 1 saturated heterocycles. The predicted molar refractivity (Wildman–Crippen MR) is 109 cm³/mol. The Morgan fingerprint density at radius 3 is 2.76 bits per heavy atom. The smallest absolute Gasteiger partial charge is 0.171 e. The van der Waals surface area contributed by atoms with Gasteiger partial charge in [-0.25, -0.2) is 4.98 Å². The van der Waals surface area contributed by atoms with E-state index in [0.29, 0.717) is 11.7 Å². The van der Waals surface area contributed by atoms with Crippen molar-refractivity contribution in [3.05, 3.63) is 53.2 Å². The van der Waals surface area contributed by atoms with E-state index in [4.69, 9.17) is 23.8 Å². The van der Waals surface area contributed by atoms with Gasteiger partial charge in [0.05, 0.1) is 11.9 Å². The van der Waals surface area contributed by atoms with Gasteiger partial charge >= 0.3 is 0 Å². The van der Waals surface area contributed by atoms with E-state index in [1.165, 1.54) is 12.8 Å². The Hall–Kier alpha value is -1.85. The first-order valence-corrected chi connectivity index (χ1v) is 9.39. The topological polar surface area (TPSA) is 40.2 Å². The van der Waals surface area contributed by atoms with Gasteiger partial charge in [-0.15, -0.1) is 0 Å². The van der Waals surface area contributed by atoms with Crippen LogP contribution in [0, 0.1) is 5.92 Å². The van der Waals surface area contributed by atoms with Crippen LogP contribution in [0.4, 0.5) is 11.5 Å². The lowest BCUT2D eigenvalue weighted by atomic mass is 10.0. The average Bonchev–Trinajstić information content (AvgIpc) is 2.62. The van der Waals surface area contributed by atoms with Crippen molar-refractivity contribution in [2.24, 2.45) is 5.92 Å². The fraction of sp³-hybridized carbons (Fsp3) is 0.368. The van der Waals surface area contributed by atoms with Gasteiger partial charge in [0.15, 0.2) is 5.11 Å². The van der Waals surface area contributed by atoms with Crippen molar-refractivity contribution in [2.45, 2.75) is 26.3 Å². The lowest BCUT2D eigenvalue weighted by Gasteiger charge is -2.31. The van der Waals surface area contributed by atoms with E-state index in [-0.39, 0.29) is 0 Å². The van der Waals surface area contributed by atoms with Crippen LogP contribution in [0.5, 0.6) is 0 Å². The molecule has 1 aromatic heterocycles. The highest BCUT2D eigenvalue weighted by atomic mass is 35.5. The zero-order valence-electron chi connectivity index (χ0n) is 14.3. The zero-order chi connectivity index (χ0) is 17.6. The molecule has 0 unspecified atom stereocenters. The number of pyridine rings is 1. The molecule has 2 heterocycles. The quantitative estimate of drug-likeness (QED) is 0.773. The van der Waals surface area contributed by atoms with E-state index in [1.807, 2.05) is 36.5 Å². The van der Waals surface area contributed by atoms with Crippen molar-refractivity contribution >= 4 is 40.4 Å². The summed E-state index contributed by atoms with van der Waals surface area (Å²) in [4.78, 5) is 6.94. The molecule has 2 aromatic rings. The molecule has 0 radical (unpaired) electrons. The van der Waals surface area contributed by atoms with E-state index in [9.17, 15) is 0 Å². The number of nitrogens with one attached hydrogen (secondary N) is 2. The van der Waals surface area contributed by atoms with Gasteiger partial charge in [0, 0.05) is 24.7 Å². The first-order chi connectivity index (χ1) is 12.1. The first kappa shape index (κ1) is 18.0. The maximum Gasteiger partial charge on any atom is 0.171 e. The van der Waals surface area contributed by atoms with E-state index in [0.717, 1.165) is 41.1 Å². The molecular formula is C19H23ClN4S. The van der Waals surface area contributed by atoms with Crippen LogP contribution >= 0.6 is 23.8 Å². The fourth-order valence-electron chi connectivity index (χ4n) is 3.00. The van der Waals surface area contributed by atoms with Crippen molar-refractivity contribution in [3.63, 3.8) is 0 Å². The average molecular weight is 375 g/mol. The Morgan fingerprint density at radius 1 is 1.28 bits per heavy atom. The van der Waals surface area contributed by atoms with Gasteiger partial charge in [0.1, 0.15) is 5.82 Å². The molecule has 0 bridgehead atoms. The minimum atomic E-state index is 0.580. The van der Waals surface area contributed by atoms with E-state index in [1.54, 1.807) is 0 Å². The summed E-state index contributed by atoms with van der Waals surface area (Å²) in [7, 11) is 0. The van der Waals surface area contributed by atoms with Gasteiger partial charge in [-0.2, -0.15) is 0 Å². The molecule has 1 aliphatic heterocycles. The van der Waals surface area contributed by atoms with Gasteiger partial charge in [-0.05, 0) is 60.8 Å². The summed E-state index contributed by atoms with van der Waals surface area (Å²) in [5.41, 5.74) is 2.02. The first-order valence-electron chi connectivity index (χ1n) is 8.60. The normalized spacial score (nSPS) is 17.2. The van der Waals surface area contributed by atoms with Crippen molar-refractivity contribution in [1.82, 2.24) is 10.3 Å². The third-order valence-corrected chi connectivity index (χ3v) is 4.85. The Balaban J connectivity index is 1.50. The third-order valence-electron chi connectivity index (χ3n) is 4.35. The van der Waals surface area contributed by atoms with Gasteiger partial charge < -0.3 is 15.5 Å². The number of hydrogen-bond donors (Lipinski definition) is 2. The maximum atomic E-state index is 5.89. The van der Waals surface area contributed by atoms with Crippen LogP contribution < -0.4 is 15.5 Å². The van der Waals surface area contributed by atoms with Gasteiger partial charge in [0.2, 0.25) is 0 Å². The molecule has 25 heavy (non-hydrogen) atoms. The lowest BCUT2D eigenvalue weighted by Crippen LogP contribution is -2.34. The Kier molecular flexibility index (Phi) is 6.10. The molecule has 6 heteroatoms. The van der Waals surface area contributed by atoms with Crippen molar-refractivity contribution in [3.8, 4) is 0 Å². The molecule has 0 aliphatic carbocycles. The second-order valence-electron chi connectivity index (χ2n) is 6.53. The second kappa shape index (κ2) is 8.50. The fourth-order valence-corrected chi connectivity index (χ4v) is 3.32. The largest absolute Gasteiger partial charge is 0.358 e. The molecule has 1 fully saturated rings. The number of thiocarbonyl (C=S) groups is 1. The highest BCUT2D eigenvalue weighted by molar-refractivity contribution is 7.80. The number of benzene rings is 1. The molecule has 1 aliphatic rings. The molecular weight excluding hydrogens is 352 g/mol. The molecule has 0 amide bonds. The summed E-state index contributed by atoms with van der Waals surface area (Å²) in [6.45, 7) is 5.12. The highest BCUT2D eigenvalue weighted by Crippen LogP contribution is 2.22. The summed E-state index contributed by atoms with van der Waals surface area (Å²) >= 11 is 11.2. The summed E-state index contributed by atoms with van der Waals surface area (Å²) in [5, 5.41) is 7.68. The van der Waals surface area contributed by atoms with Crippen LogP contribution in [0.2, 0.25) is 5.02 Å². The number of hydrogen-bond acceptors (Lipinski definition) is 3. The summed E-state index contributed by atoms with van der Waals surface area (Å²) in [6, 6.07) is 11.8. The number of aromatic nitrogens is 1. The number of nitrogens with zero attached hydrogens (tertiary/aromatic N) is 2. The summed E-state index contributed by atoms with van der Waals surface area (Å²) in [5.74, 6) is 1.77. The van der Waals surface area contributed by atoms with Crippen LogP contribution in [-0.2, 0) is 6.54 Å². The SMILES string of the molecule is C[C@@H]1CCCN(c2ccc(NC(=S)NCc3ccc(Cl)cc3)cn2)C1. The van der Waals surface area contributed by atoms with E-state index >= 15 is 0 Å². The summed E-state index contributed by atoms with van der Waals surface area (Å²) in [6.07, 6.45) is 4.39. The van der Waals surface area contributed by atoms with Crippen molar-refractivity contribution in [2.75, 3.05) is 23.3 Å². The molecule has 0 spiro atoms. The van der Waals surface area contributed by atoms with Gasteiger partial charge in [0.25, 0.3) is 0 Å². The Labute approximate surface area is 159 Å². The monoisotopic (exact) mass is 374 g/mol. The van der Waals surface area contributed by atoms with Crippen LogP contribution in [-0.4, -0.2) is 23.2 Å². The second-order valence-corrected chi connectivity index (χ2v) is 7.38. The van der Waals surface area contributed by atoms with Crippen molar-refractivity contribution < 1.29 is 0 Å². The van der Waals surface area contributed by atoms with Crippen LogP contribution in [0.25, 0.3) is 0 Å². The number of anilines is 2. The van der Waals surface area contributed by atoms with Crippen LogP contribution in [0.1, 0.15) is 25.3 Å². The predicted octanol–water partition coefficient (Wildman–Crippen LogP) is 4.46. The number of halogens is 1. The third kappa shape index (κ3) is 5.31. The molecule has 1 aromatic carbocycles. The molecule has 1 atom stereocenters. The Morgan fingerprint density at radius 2 is 2.08 bits per heavy atom. The molecule has 132 valence electrons. The van der Waals surface area contributed by atoms with Crippen molar-refractivity contribution in [1.29, 1.82) is 0 Å². The zero-order valence-corrected chi connectivity index (χ0v) is 15.9. The minimum Gasteiger partial charge on any atom is -0.358 e. The molecule has 2 N–H and O–H groups in total. The standard InChI is InChI=1S/C19H23ClN4S/c1-14-3-2-10-24(13-14)18-9-8-17(12-21-18)23-19(25)22-11-15-4-6-16(20)7-5-15/h4-9,12,14H,2-3,10-11,13H2,1H3,(H2,22,23,25)/t14-/m1/s1. The highest BCUT2D eigenvalue weighted by Gasteiger charge is 2.17. The van der Waals surface area contributed by atoms with Crippen LogP contribution in [0.15, 0.2) is 42.6 Å². The number of piperidine rings is 1. The van der Waals surface area contributed by atoms with Crippen LogP contribution in [0.3, 0.4) is 0 Å². The molecule has 3 rings (SSSR count). The van der Waals surface area contributed by atoms with E-state index < -0.39 is 0 Å². The lowest BCUT2D eigenvalue weighted by molar-refractivity contribution is 0.444. The van der Waals surface area contributed by atoms with Gasteiger partial charge in [-0.1, -0.05) is 30.7 Å². The van der Waals surface area contributed by atoms with E-state index in [2.05, 4.69) is 33.5 Å². The number of rotatable bonds is 4. The Bertz CT molecular complexity index is 702. The maximum absolute atomic E-state index is 5.89. The molecule has 4 nitrogen and oxygen atoms in total. The van der Waals surface area contributed by atoms with Gasteiger partial charge in [-0.3, -0.25) is 0 Å². The summed E-state index contributed by atoms with van der Waals surface area (Å²) < 4.78 is 0. The minimum absolute atomic E-state index is 0.580. The molecule has 0 saturated carbocycles.